The number of benzene rings is 3. The van der Waals surface area contributed by atoms with Crippen LogP contribution in [0.4, 0.5) is 5.69 Å². The SMILES string of the molecule is CC(=O)N[C@@H]1c2ccccc2C=C[C@H]1Nc1cccc2ccccc12. The summed E-state index contributed by atoms with van der Waals surface area (Å²) in [6, 6.07) is 22.7. The molecule has 0 radical (unpaired) electrons. The molecule has 2 atom stereocenters. The van der Waals surface area contributed by atoms with Gasteiger partial charge in [0.2, 0.25) is 5.91 Å². The zero-order chi connectivity index (χ0) is 17.2. The lowest BCUT2D eigenvalue weighted by molar-refractivity contribution is -0.119. The molecule has 0 unspecified atom stereocenters. The largest absolute Gasteiger partial charge is 0.376 e. The fourth-order valence-corrected chi connectivity index (χ4v) is 3.51. The summed E-state index contributed by atoms with van der Waals surface area (Å²) in [6.07, 6.45) is 4.25. The molecule has 0 heterocycles. The minimum Gasteiger partial charge on any atom is -0.376 e. The molecule has 1 aliphatic carbocycles. The Bertz CT molecular complexity index is 956. The van der Waals surface area contributed by atoms with Gasteiger partial charge >= 0.3 is 0 Å². The lowest BCUT2D eigenvalue weighted by Crippen LogP contribution is -2.39. The summed E-state index contributed by atoms with van der Waals surface area (Å²) >= 11 is 0. The topological polar surface area (TPSA) is 41.1 Å². The Kier molecular flexibility index (Phi) is 3.98. The highest BCUT2D eigenvalue weighted by Crippen LogP contribution is 2.32. The Hall–Kier alpha value is -3.07. The lowest BCUT2D eigenvalue weighted by atomic mass is 9.89. The van der Waals surface area contributed by atoms with Crippen molar-refractivity contribution >= 4 is 28.4 Å². The Morgan fingerprint density at radius 2 is 1.68 bits per heavy atom. The highest BCUT2D eigenvalue weighted by molar-refractivity contribution is 5.94. The number of carbonyl (C=O) groups is 1. The first-order chi connectivity index (χ1) is 12.2. The third-order valence-electron chi connectivity index (χ3n) is 4.64. The van der Waals surface area contributed by atoms with Gasteiger partial charge < -0.3 is 10.6 Å². The van der Waals surface area contributed by atoms with Gasteiger partial charge in [-0.2, -0.15) is 0 Å². The molecule has 1 aliphatic rings. The normalized spacial score (nSPS) is 18.6. The molecule has 0 aliphatic heterocycles. The van der Waals surface area contributed by atoms with E-state index in [1.54, 1.807) is 6.92 Å². The molecule has 2 N–H and O–H groups in total. The van der Waals surface area contributed by atoms with Crippen LogP contribution in [0, 0.1) is 0 Å². The van der Waals surface area contributed by atoms with Crippen LogP contribution in [0.1, 0.15) is 24.1 Å². The minimum absolute atomic E-state index is 0.00962. The molecule has 0 saturated carbocycles. The van der Waals surface area contributed by atoms with Crippen LogP contribution >= 0.6 is 0 Å². The van der Waals surface area contributed by atoms with Crippen molar-refractivity contribution in [3.8, 4) is 0 Å². The van der Waals surface area contributed by atoms with Crippen LogP contribution in [-0.2, 0) is 4.79 Å². The number of carbonyl (C=O) groups excluding carboxylic acids is 1. The van der Waals surface area contributed by atoms with Crippen LogP contribution in [-0.4, -0.2) is 11.9 Å². The van der Waals surface area contributed by atoms with Gasteiger partial charge in [0.05, 0.1) is 12.1 Å². The second-order valence-corrected chi connectivity index (χ2v) is 6.36. The number of nitrogens with one attached hydrogen (secondary N) is 2. The molecule has 124 valence electrons. The van der Waals surface area contributed by atoms with Gasteiger partial charge in [0, 0.05) is 18.0 Å². The van der Waals surface area contributed by atoms with Crippen LogP contribution in [0.2, 0.25) is 0 Å². The number of rotatable bonds is 3. The van der Waals surface area contributed by atoms with Crippen molar-refractivity contribution in [2.75, 3.05) is 5.32 Å². The summed E-state index contributed by atoms with van der Waals surface area (Å²) in [4.78, 5) is 11.8. The van der Waals surface area contributed by atoms with Gasteiger partial charge in [0.1, 0.15) is 0 Å². The molecule has 3 aromatic rings. The van der Waals surface area contributed by atoms with E-state index >= 15 is 0 Å². The number of hydrogen-bond acceptors (Lipinski definition) is 2. The molecule has 0 saturated heterocycles. The first-order valence-corrected chi connectivity index (χ1v) is 8.51. The first-order valence-electron chi connectivity index (χ1n) is 8.51. The first kappa shape index (κ1) is 15.5. The fourth-order valence-electron chi connectivity index (χ4n) is 3.51. The van der Waals surface area contributed by atoms with Crippen LogP contribution < -0.4 is 10.6 Å². The molecule has 25 heavy (non-hydrogen) atoms. The van der Waals surface area contributed by atoms with Crippen molar-refractivity contribution < 1.29 is 4.79 Å². The third-order valence-corrected chi connectivity index (χ3v) is 4.64. The average Bonchev–Trinajstić information content (AvgIpc) is 2.63. The summed E-state index contributed by atoms with van der Waals surface area (Å²) < 4.78 is 0. The smallest absolute Gasteiger partial charge is 0.217 e. The quantitative estimate of drug-likeness (QED) is 0.742. The number of hydrogen-bond donors (Lipinski definition) is 2. The maximum atomic E-state index is 11.8. The van der Waals surface area contributed by atoms with Gasteiger partial charge in [0.25, 0.3) is 0 Å². The highest BCUT2D eigenvalue weighted by Gasteiger charge is 2.27. The van der Waals surface area contributed by atoms with E-state index in [9.17, 15) is 4.79 Å². The molecule has 3 heteroatoms. The summed E-state index contributed by atoms with van der Waals surface area (Å²) in [7, 11) is 0. The maximum absolute atomic E-state index is 11.8. The second kappa shape index (κ2) is 6.44. The van der Waals surface area contributed by atoms with Gasteiger partial charge in [-0.15, -0.1) is 0 Å². The molecule has 1 amide bonds. The van der Waals surface area contributed by atoms with E-state index in [2.05, 4.69) is 65.3 Å². The summed E-state index contributed by atoms with van der Waals surface area (Å²) in [5, 5.41) is 9.10. The summed E-state index contributed by atoms with van der Waals surface area (Å²) in [6.45, 7) is 1.57. The fraction of sp³-hybridized carbons (Fsp3) is 0.136. The van der Waals surface area contributed by atoms with Crippen molar-refractivity contribution in [2.24, 2.45) is 0 Å². The van der Waals surface area contributed by atoms with Crippen molar-refractivity contribution in [2.45, 2.75) is 19.0 Å². The zero-order valence-corrected chi connectivity index (χ0v) is 14.1. The molecule has 4 rings (SSSR count). The lowest BCUT2D eigenvalue weighted by Gasteiger charge is -2.32. The van der Waals surface area contributed by atoms with Gasteiger partial charge in [-0.25, -0.2) is 0 Å². The number of fused-ring (bicyclic) bond motifs is 2. The predicted octanol–water partition coefficient (Wildman–Crippen LogP) is 4.52. The molecular formula is C22H20N2O. The molecule has 0 fully saturated rings. The molecular weight excluding hydrogens is 308 g/mol. The summed E-state index contributed by atoms with van der Waals surface area (Å²) in [5.74, 6) is -0.0279. The Balaban J connectivity index is 1.72. The van der Waals surface area contributed by atoms with Crippen LogP contribution in [0.5, 0.6) is 0 Å². The molecule has 3 aromatic carbocycles. The van der Waals surface area contributed by atoms with E-state index in [1.807, 2.05) is 24.3 Å². The van der Waals surface area contributed by atoms with Crippen molar-refractivity contribution in [1.29, 1.82) is 0 Å². The number of amides is 1. The predicted molar refractivity (Wildman–Crippen MR) is 103 cm³/mol. The van der Waals surface area contributed by atoms with E-state index in [1.165, 1.54) is 10.8 Å². The second-order valence-electron chi connectivity index (χ2n) is 6.36. The Morgan fingerprint density at radius 1 is 0.920 bits per heavy atom. The molecule has 0 aromatic heterocycles. The van der Waals surface area contributed by atoms with E-state index < -0.39 is 0 Å². The van der Waals surface area contributed by atoms with E-state index in [4.69, 9.17) is 0 Å². The van der Waals surface area contributed by atoms with Gasteiger partial charge in [-0.05, 0) is 22.6 Å². The number of anilines is 1. The van der Waals surface area contributed by atoms with Crippen molar-refractivity contribution in [3.05, 3.63) is 83.9 Å². The van der Waals surface area contributed by atoms with Crippen molar-refractivity contribution in [3.63, 3.8) is 0 Å². The van der Waals surface area contributed by atoms with Gasteiger partial charge in [0.15, 0.2) is 0 Å². The Morgan fingerprint density at radius 3 is 2.56 bits per heavy atom. The Labute approximate surface area is 147 Å². The van der Waals surface area contributed by atoms with Crippen molar-refractivity contribution in [1.82, 2.24) is 5.32 Å². The standard InChI is InChI=1S/C22H20N2O/c1-15(25)23-22-19-11-5-3-8-17(19)13-14-21(22)24-20-12-6-9-16-7-2-4-10-18(16)20/h2-14,21-22,24H,1H3,(H,23,25)/t21-,22-/m1/s1. The third kappa shape index (κ3) is 3.01. The van der Waals surface area contributed by atoms with Gasteiger partial charge in [-0.3, -0.25) is 4.79 Å². The maximum Gasteiger partial charge on any atom is 0.217 e. The minimum atomic E-state index is -0.0994. The van der Waals surface area contributed by atoms with Crippen LogP contribution in [0.15, 0.2) is 72.8 Å². The molecule has 0 bridgehead atoms. The van der Waals surface area contributed by atoms with E-state index in [0.29, 0.717) is 0 Å². The highest BCUT2D eigenvalue weighted by atomic mass is 16.1. The van der Waals surface area contributed by atoms with Crippen LogP contribution in [0.25, 0.3) is 16.8 Å². The molecule has 0 spiro atoms. The van der Waals surface area contributed by atoms with E-state index in [0.717, 1.165) is 16.8 Å². The zero-order valence-electron chi connectivity index (χ0n) is 14.1. The van der Waals surface area contributed by atoms with Gasteiger partial charge in [-0.1, -0.05) is 72.8 Å². The monoisotopic (exact) mass is 328 g/mol. The average molecular weight is 328 g/mol. The molecule has 3 nitrogen and oxygen atoms in total. The van der Waals surface area contributed by atoms with Crippen LogP contribution in [0.3, 0.4) is 0 Å². The van der Waals surface area contributed by atoms with E-state index in [-0.39, 0.29) is 18.0 Å². The summed E-state index contributed by atoms with van der Waals surface area (Å²) in [5.41, 5.74) is 3.36.